The van der Waals surface area contributed by atoms with E-state index >= 15 is 0 Å². The topological polar surface area (TPSA) is 104 Å². The highest BCUT2D eigenvalue weighted by molar-refractivity contribution is 5.77. The molecule has 2 aliphatic heterocycles. The van der Waals surface area contributed by atoms with Crippen molar-refractivity contribution in [3.63, 3.8) is 0 Å². The number of hydrogen-bond donors (Lipinski definition) is 1. The Hall–Kier alpha value is -4.16. The molecule has 0 bridgehead atoms. The van der Waals surface area contributed by atoms with Gasteiger partial charge < -0.3 is 14.6 Å². The van der Waals surface area contributed by atoms with Crippen molar-refractivity contribution in [1.82, 2.24) is 24.4 Å². The van der Waals surface area contributed by atoms with Crippen LogP contribution >= 0.6 is 0 Å². The van der Waals surface area contributed by atoms with Crippen molar-refractivity contribution in [3.8, 4) is 22.8 Å². The lowest BCUT2D eigenvalue weighted by Crippen LogP contribution is -2.19. The molecule has 9 nitrogen and oxygen atoms in total. The molecule has 1 aromatic carbocycles. The Bertz CT molecular complexity index is 1430. The standard InChI is InChI=1S/C22H17F4N5O2.CH2O2/c23-15-2-4-18-20-12(8-32-18)9-33-19-7-14(16-5-6-28-31(16)10-22(24,25)26)21-29-27-11-30(21)17(19)3-1-13(15)20;2-1-3/h2,4-7,11-12H,1,3,8-10H2;1H,(H,2,3)/t12-;/m1./s1. The SMILES string of the molecule is Fc1ccc2c3c1CCc1c(cc(-c4ccnn4CC(F)(F)F)c4nncn14)OC[C@H]3CO2.O=CO. The van der Waals surface area contributed by atoms with E-state index in [1.54, 1.807) is 16.5 Å². The van der Waals surface area contributed by atoms with Gasteiger partial charge in [0.05, 0.1) is 30.5 Å². The fourth-order valence-electron chi connectivity index (χ4n) is 4.71. The van der Waals surface area contributed by atoms with Crippen molar-refractivity contribution in [3.05, 3.63) is 59.4 Å². The summed E-state index contributed by atoms with van der Waals surface area (Å²) in [5.74, 6) is 0.712. The molecule has 0 saturated heterocycles. The third kappa shape index (κ3) is 4.20. The summed E-state index contributed by atoms with van der Waals surface area (Å²) in [5.41, 5.74) is 3.18. The number of hydrogen-bond acceptors (Lipinski definition) is 6. The molecule has 2 aliphatic rings. The van der Waals surface area contributed by atoms with Gasteiger partial charge in [0.25, 0.3) is 6.47 Å². The monoisotopic (exact) mass is 505 g/mol. The van der Waals surface area contributed by atoms with Crippen LogP contribution in [0.25, 0.3) is 16.9 Å². The van der Waals surface area contributed by atoms with Gasteiger partial charge in [-0.3, -0.25) is 13.9 Å². The summed E-state index contributed by atoms with van der Waals surface area (Å²) in [5, 5.41) is 18.8. The van der Waals surface area contributed by atoms with E-state index in [2.05, 4.69) is 15.3 Å². The molecule has 0 saturated carbocycles. The first kappa shape index (κ1) is 23.6. The largest absolute Gasteiger partial charge is 0.493 e. The molecule has 3 aromatic heterocycles. The van der Waals surface area contributed by atoms with Crippen molar-refractivity contribution in [2.75, 3.05) is 13.2 Å². The van der Waals surface area contributed by atoms with Crippen LogP contribution in [0.5, 0.6) is 11.5 Å². The molecule has 0 amide bonds. The number of rotatable bonds is 2. The van der Waals surface area contributed by atoms with Gasteiger partial charge in [0.2, 0.25) is 0 Å². The number of aromatic nitrogens is 5. The highest BCUT2D eigenvalue weighted by atomic mass is 19.4. The predicted octanol–water partition coefficient (Wildman–Crippen LogP) is 3.65. The van der Waals surface area contributed by atoms with Crippen molar-refractivity contribution in [2.24, 2.45) is 0 Å². The van der Waals surface area contributed by atoms with Gasteiger partial charge >= 0.3 is 6.18 Å². The number of fused-ring (bicyclic) bond motifs is 3. The zero-order valence-electron chi connectivity index (χ0n) is 18.6. The van der Waals surface area contributed by atoms with Crippen LogP contribution in [0.15, 0.2) is 36.8 Å². The lowest BCUT2D eigenvalue weighted by Gasteiger charge is -2.17. The van der Waals surface area contributed by atoms with Crippen molar-refractivity contribution in [1.29, 1.82) is 0 Å². The molecule has 36 heavy (non-hydrogen) atoms. The first-order valence-corrected chi connectivity index (χ1v) is 10.9. The Morgan fingerprint density at radius 3 is 2.64 bits per heavy atom. The average Bonchev–Trinajstić information content (AvgIpc) is 3.56. The molecular formula is C23H19F4N5O4. The average molecular weight is 505 g/mol. The summed E-state index contributed by atoms with van der Waals surface area (Å²) >= 11 is 0. The predicted molar refractivity (Wildman–Crippen MR) is 116 cm³/mol. The van der Waals surface area contributed by atoms with E-state index in [4.69, 9.17) is 19.4 Å². The Balaban J connectivity index is 0.000000848. The van der Waals surface area contributed by atoms with Crippen molar-refractivity contribution < 1.29 is 36.9 Å². The number of aryl methyl sites for hydroxylation is 1. The highest BCUT2D eigenvalue weighted by Gasteiger charge is 2.33. The van der Waals surface area contributed by atoms with Crippen molar-refractivity contribution >= 4 is 12.1 Å². The van der Waals surface area contributed by atoms with Crippen LogP contribution in [0.2, 0.25) is 0 Å². The number of ether oxygens (including phenoxy) is 2. The van der Waals surface area contributed by atoms with E-state index in [1.807, 2.05) is 0 Å². The van der Waals surface area contributed by atoms with Gasteiger partial charge in [0.1, 0.15) is 30.2 Å². The van der Waals surface area contributed by atoms with E-state index in [1.165, 1.54) is 24.7 Å². The van der Waals surface area contributed by atoms with Crippen LogP contribution in [-0.2, 0) is 24.2 Å². The van der Waals surface area contributed by atoms with Crippen LogP contribution in [0.4, 0.5) is 17.6 Å². The number of carboxylic acid groups (broad SMARTS) is 1. The second kappa shape index (κ2) is 9.13. The maximum atomic E-state index is 14.7. The Morgan fingerprint density at radius 1 is 1.14 bits per heavy atom. The van der Waals surface area contributed by atoms with Gasteiger partial charge in [-0.2, -0.15) is 18.3 Å². The summed E-state index contributed by atoms with van der Waals surface area (Å²) in [4.78, 5) is 8.36. The quantitative estimate of drug-likeness (QED) is 0.328. The lowest BCUT2D eigenvalue weighted by atomic mass is 9.93. The molecule has 0 aliphatic carbocycles. The van der Waals surface area contributed by atoms with Gasteiger partial charge in [-0.1, -0.05) is 0 Å². The normalized spacial score (nSPS) is 16.4. The summed E-state index contributed by atoms with van der Waals surface area (Å²) in [7, 11) is 0. The zero-order chi connectivity index (χ0) is 25.4. The fraction of sp³-hybridized carbons (Fsp3) is 0.304. The summed E-state index contributed by atoms with van der Waals surface area (Å²) in [6, 6.07) is 6.22. The molecule has 1 atom stereocenters. The van der Waals surface area contributed by atoms with Crippen molar-refractivity contribution in [2.45, 2.75) is 31.5 Å². The number of benzene rings is 1. The van der Waals surface area contributed by atoms with E-state index in [0.717, 1.165) is 15.9 Å². The van der Waals surface area contributed by atoms with Gasteiger partial charge in [0, 0.05) is 17.3 Å². The molecular weight excluding hydrogens is 486 g/mol. The molecule has 0 fully saturated rings. The zero-order valence-corrected chi connectivity index (χ0v) is 18.6. The first-order valence-electron chi connectivity index (χ1n) is 10.9. The first-order chi connectivity index (χ1) is 17.3. The van der Waals surface area contributed by atoms with Gasteiger partial charge in [0.15, 0.2) is 5.65 Å². The lowest BCUT2D eigenvalue weighted by molar-refractivity contribution is -0.142. The second-order valence-electron chi connectivity index (χ2n) is 8.24. The number of halogens is 4. The summed E-state index contributed by atoms with van der Waals surface area (Å²) in [6.07, 6.45) is -0.800. The van der Waals surface area contributed by atoms with E-state index < -0.39 is 12.7 Å². The number of alkyl halides is 3. The summed E-state index contributed by atoms with van der Waals surface area (Å²) < 4.78 is 68.4. The Labute approximate surface area is 200 Å². The smallest absolute Gasteiger partial charge is 0.408 e. The minimum Gasteiger partial charge on any atom is -0.493 e. The van der Waals surface area contributed by atoms with Gasteiger partial charge in [-0.25, -0.2) is 4.39 Å². The second-order valence-corrected chi connectivity index (χ2v) is 8.24. The minimum absolute atomic E-state index is 0.146. The third-order valence-electron chi connectivity index (χ3n) is 6.12. The molecule has 0 radical (unpaired) electrons. The van der Waals surface area contributed by atoms with Gasteiger partial charge in [-0.05, 0) is 42.7 Å². The molecule has 1 N–H and O–H groups in total. The maximum Gasteiger partial charge on any atom is 0.408 e. The number of carbonyl (C=O) groups is 1. The maximum absolute atomic E-state index is 14.7. The number of pyridine rings is 1. The molecule has 5 heterocycles. The van der Waals surface area contributed by atoms with E-state index in [0.29, 0.717) is 47.7 Å². The Kier molecular flexibility index (Phi) is 5.98. The van der Waals surface area contributed by atoms with Crippen LogP contribution < -0.4 is 9.47 Å². The van der Waals surface area contributed by atoms with Gasteiger partial charge in [-0.15, -0.1) is 10.2 Å². The molecule has 4 aromatic rings. The highest BCUT2D eigenvalue weighted by Crippen LogP contribution is 2.41. The minimum atomic E-state index is -4.43. The molecule has 0 spiro atoms. The van der Waals surface area contributed by atoms with Crippen LogP contribution in [0, 0.1) is 5.82 Å². The fourth-order valence-corrected chi connectivity index (χ4v) is 4.71. The summed E-state index contributed by atoms with van der Waals surface area (Å²) in [6.45, 7) is -0.864. The molecule has 188 valence electrons. The van der Waals surface area contributed by atoms with Crippen LogP contribution in [0.3, 0.4) is 0 Å². The van der Waals surface area contributed by atoms with Crippen LogP contribution in [-0.4, -0.2) is 55.3 Å². The van der Waals surface area contributed by atoms with Crippen LogP contribution in [0.1, 0.15) is 22.7 Å². The van der Waals surface area contributed by atoms with E-state index in [-0.39, 0.29) is 30.5 Å². The molecule has 13 heteroatoms. The Morgan fingerprint density at radius 2 is 1.89 bits per heavy atom. The molecule has 0 unspecified atom stereocenters. The van der Waals surface area contributed by atoms with E-state index in [9.17, 15) is 17.6 Å². The molecule has 6 rings (SSSR count). The third-order valence-corrected chi connectivity index (χ3v) is 6.12. The number of nitrogens with zero attached hydrogens (tertiary/aromatic N) is 5.